The molecule has 0 bridgehead atoms. The Bertz CT molecular complexity index is 108. The van der Waals surface area contributed by atoms with Crippen LogP contribution in [0.1, 0.15) is 51.9 Å². The van der Waals surface area contributed by atoms with Gasteiger partial charge in [-0.2, -0.15) is 0 Å². The van der Waals surface area contributed by atoms with Gasteiger partial charge in [-0.15, -0.1) is 0 Å². The van der Waals surface area contributed by atoms with Crippen molar-refractivity contribution in [3.05, 3.63) is 0 Å². The maximum Gasteiger partial charge on any atom is -0.00772 e. The number of nitrogens with two attached hydrogens (primary N) is 1. The van der Waals surface area contributed by atoms with Gasteiger partial charge in [-0.1, -0.05) is 32.6 Å². The molecule has 1 aliphatic carbocycles. The molecule has 1 atom stereocenters. The monoisotopic (exact) mass is 169 g/mol. The molecule has 0 radical (unpaired) electrons. The molecular formula is C11H23N. The summed E-state index contributed by atoms with van der Waals surface area (Å²) < 4.78 is 0. The number of hydrogen-bond acceptors (Lipinski definition) is 1. The summed E-state index contributed by atoms with van der Waals surface area (Å²) in [6, 6.07) is 0. The molecule has 0 aromatic rings. The smallest absolute Gasteiger partial charge is 0.00772 e. The summed E-state index contributed by atoms with van der Waals surface area (Å²) in [5.41, 5.74) is 5.51. The highest BCUT2D eigenvalue weighted by molar-refractivity contribution is 4.73. The van der Waals surface area contributed by atoms with E-state index in [-0.39, 0.29) is 0 Å². The van der Waals surface area contributed by atoms with E-state index in [2.05, 4.69) is 6.92 Å². The van der Waals surface area contributed by atoms with Crippen LogP contribution in [-0.4, -0.2) is 6.54 Å². The quantitative estimate of drug-likeness (QED) is 0.650. The third kappa shape index (κ3) is 3.14. The standard InChI is InChI=1S/C11H23N/c1-2-10(7-4-8-12)9-11-5-3-6-11/h10-11H,2-9,12H2,1H3. The highest BCUT2D eigenvalue weighted by atomic mass is 14.5. The van der Waals surface area contributed by atoms with Crippen LogP contribution in [0.4, 0.5) is 0 Å². The summed E-state index contributed by atoms with van der Waals surface area (Å²) >= 11 is 0. The van der Waals surface area contributed by atoms with Gasteiger partial charge in [0.05, 0.1) is 0 Å². The summed E-state index contributed by atoms with van der Waals surface area (Å²) in [6.45, 7) is 3.20. The van der Waals surface area contributed by atoms with E-state index in [9.17, 15) is 0 Å². The van der Waals surface area contributed by atoms with E-state index < -0.39 is 0 Å². The van der Waals surface area contributed by atoms with Gasteiger partial charge >= 0.3 is 0 Å². The Kier molecular flexibility index (Phi) is 4.67. The molecule has 1 unspecified atom stereocenters. The molecule has 12 heavy (non-hydrogen) atoms. The highest BCUT2D eigenvalue weighted by Gasteiger charge is 2.20. The van der Waals surface area contributed by atoms with Gasteiger partial charge in [0.25, 0.3) is 0 Å². The minimum absolute atomic E-state index is 0.876. The van der Waals surface area contributed by atoms with Gasteiger partial charge in [0, 0.05) is 0 Å². The topological polar surface area (TPSA) is 26.0 Å². The second kappa shape index (κ2) is 5.58. The van der Waals surface area contributed by atoms with E-state index in [4.69, 9.17) is 5.73 Å². The molecule has 0 aromatic carbocycles. The van der Waals surface area contributed by atoms with Crippen LogP contribution in [0.3, 0.4) is 0 Å². The van der Waals surface area contributed by atoms with Crippen LogP contribution in [0.25, 0.3) is 0 Å². The Morgan fingerprint density at radius 3 is 2.58 bits per heavy atom. The van der Waals surface area contributed by atoms with Crippen LogP contribution in [0, 0.1) is 11.8 Å². The fraction of sp³-hybridized carbons (Fsp3) is 1.00. The molecule has 0 heterocycles. The number of hydrogen-bond donors (Lipinski definition) is 1. The first-order valence-corrected chi connectivity index (χ1v) is 5.56. The molecule has 0 amide bonds. The van der Waals surface area contributed by atoms with Crippen LogP contribution in [0.5, 0.6) is 0 Å². The fourth-order valence-corrected chi connectivity index (χ4v) is 2.10. The van der Waals surface area contributed by atoms with Crippen molar-refractivity contribution in [1.29, 1.82) is 0 Å². The summed E-state index contributed by atoms with van der Waals surface area (Å²) in [7, 11) is 0. The lowest BCUT2D eigenvalue weighted by molar-refractivity contribution is 0.237. The van der Waals surface area contributed by atoms with E-state index in [0.717, 1.165) is 18.4 Å². The van der Waals surface area contributed by atoms with Gasteiger partial charge in [0.15, 0.2) is 0 Å². The molecule has 1 fully saturated rings. The zero-order chi connectivity index (χ0) is 8.81. The first kappa shape index (κ1) is 10.0. The Morgan fingerprint density at radius 2 is 2.17 bits per heavy atom. The van der Waals surface area contributed by atoms with Crippen molar-refractivity contribution in [2.75, 3.05) is 6.54 Å². The Balaban J connectivity index is 2.06. The SMILES string of the molecule is CCC(CCCN)CC1CCC1. The van der Waals surface area contributed by atoms with Crippen LogP contribution in [0.2, 0.25) is 0 Å². The fourth-order valence-electron chi connectivity index (χ4n) is 2.10. The summed E-state index contributed by atoms with van der Waals surface area (Å²) in [4.78, 5) is 0. The molecule has 1 saturated carbocycles. The third-order valence-corrected chi connectivity index (χ3v) is 3.29. The van der Waals surface area contributed by atoms with Crippen molar-refractivity contribution in [3.63, 3.8) is 0 Å². The molecule has 0 aliphatic heterocycles. The highest BCUT2D eigenvalue weighted by Crippen LogP contribution is 2.34. The van der Waals surface area contributed by atoms with Gasteiger partial charge in [0.1, 0.15) is 0 Å². The van der Waals surface area contributed by atoms with Gasteiger partial charge in [-0.05, 0) is 37.6 Å². The Hall–Kier alpha value is -0.0400. The zero-order valence-electron chi connectivity index (χ0n) is 8.39. The maximum atomic E-state index is 5.51. The lowest BCUT2D eigenvalue weighted by atomic mass is 9.77. The van der Waals surface area contributed by atoms with Crippen molar-refractivity contribution in [2.45, 2.75) is 51.9 Å². The average Bonchev–Trinajstić information content (AvgIpc) is 2.02. The molecular weight excluding hydrogens is 146 g/mol. The minimum atomic E-state index is 0.876. The second-order valence-electron chi connectivity index (χ2n) is 4.24. The zero-order valence-corrected chi connectivity index (χ0v) is 8.39. The lowest BCUT2D eigenvalue weighted by Gasteiger charge is -2.29. The van der Waals surface area contributed by atoms with Crippen molar-refractivity contribution in [2.24, 2.45) is 17.6 Å². The van der Waals surface area contributed by atoms with Crippen molar-refractivity contribution in [1.82, 2.24) is 0 Å². The normalized spacial score (nSPS) is 20.5. The third-order valence-electron chi connectivity index (χ3n) is 3.29. The van der Waals surface area contributed by atoms with E-state index >= 15 is 0 Å². The first-order valence-electron chi connectivity index (χ1n) is 5.56. The van der Waals surface area contributed by atoms with E-state index in [1.165, 1.54) is 44.9 Å². The van der Waals surface area contributed by atoms with Crippen LogP contribution >= 0.6 is 0 Å². The van der Waals surface area contributed by atoms with Crippen LogP contribution in [-0.2, 0) is 0 Å². The molecule has 1 heteroatoms. The minimum Gasteiger partial charge on any atom is -0.330 e. The molecule has 2 N–H and O–H groups in total. The van der Waals surface area contributed by atoms with E-state index in [1.807, 2.05) is 0 Å². The molecule has 0 aromatic heterocycles. The predicted molar refractivity (Wildman–Crippen MR) is 54.0 cm³/mol. The largest absolute Gasteiger partial charge is 0.330 e. The lowest BCUT2D eigenvalue weighted by Crippen LogP contribution is -2.16. The summed E-state index contributed by atoms with van der Waals surface area (Å²) in [5.74, 6) is 2.05. The molecule has 0 spiro atoms. The summed E-state index contributed by atoms with van der Waals surface area (Å²) in [6.07, 6.45) is 9.91. The van der Waals surface area contributed by atoms with Crippen LogP contribution < -0.4 is 5.73 Å². The van der Waals surface area contributed by atoms with E-state index in [0.29, 0.717) is 0 Å². The Labute approximate surface area is 76.7 Å². The van der Waals surface area contributed by atoms with Gasteiger partial charge in [-0.25, -0.2) is 0 Å². The second-order valence-corrected chi connectivity index (χ2v) is 4.24. The van der Waals surface area contributed by atoms with Gasteiger partial charge in [-0.3, -0.25) is 0 Å². The predicted octanol–water partition coefficient (Wildman–Crippen LogP) is 2.94. The van der Waals surface area contributed by atoms with Gasteiger partial charge in [0.2, 0.25) is 0 Å². The van der Waals surface area contributed by atoms with Crippen molar-refractivity contribution in [3.8, 4) is 0 Å². The van der Waals surface area contributed by atoms with Crippen molar-refractivity contribution >= 4 is 0 Å². The van der Waals surface area contributed by atoms with Crippen LogP contribution in [0.15, 0.2) is 0 Å². The maximum absolute atomic E-state index is 5.51. The van der Waals surface area contributed by atoms with Crippen molar-refractivity contribution < 1.29 is 0 Å². The Morgan fingerprint density at radius 1 is 1.42 bits per heavy atom. The van der Waals surface area contributed by atoms with Gasteiger partial charge < -0.3 is 5.73 Å². The number of rotatable bonds is 6. The molecule has 1 aliphatic rings. The molecule has 1 nitrogen and oxygen atoms in total. The first-order chi connectivity index (χ1) is 5.86. The van der Waals surface area contributed by atoms with E-state index in [1.54, 1.807) is 0 Å². The summed E-state index contributed by atoms with van der Waals surface area (Å²) in [5, 5.41) is 0. The molecule has 1 rings (SSSR count). The molecule has 0 saturated heterocycles. The molecule has 72 valence electrons. The average molecular weight is 169 g/mol.